The molecule has 1 unspecified atom stereocenters. The molecule has 3 heterocycles. The molecule has 1 fully saturated rings. The summed E-state index contributed by atoms with van der Waals surface area (Å²) < 4.78 is 7.44. The molecule has 2 aliphatic heterocycles. The van der Waals surface area contributed by atoms with Crippen molar-refractivity contribution in [2.45, 2.75) is 25.6 Å². The standard InChI is InChI=1S/C12H20N6OS/c1-12(2,13)10-15-3-5-17(10)11-16-18(8-20-11)9-7-19-6-4-14-9/h3,5,9,14H,4,6-8,13H2,1-2H3. The quantitative estimate of drug-likeness (QED) is 0.808. The van der Waals surface area contributed by atoms with Crippen molar-refractivity contribution in [3.8, 4) is 0 Å². The first-order valence-corrected chi connectivity index (χ1v) is 7.66. The molecule has 0 bridgehead atoms. The van der Waals surface area contributed by atoms with E-state index in [1.807, 2.05) is 29.6 Å². The molecule has 7 nitrogen and oxygen atoms in total. The summed E-state index contributed by atoms with van der Waals surface area (Å²) in [7, 11) is 0. The van der Waals surface area contributed by atoms with Crippen LogP contribution in [-0.2, 0) is 10.3 Å². The summed E-state index contributed by atoms with van der Waals surface area (Å²) in [6, 6.07) is 0. The highest BCUT2D eigenvalue weighted by atomic mass is 32.2. The third kappa shape index (κ3) is 2.69. The molecule has 1 aromatic rings. The van der Waals surface area contributed by atoms with E-state index in [4.69, 9.17) is 10.5 Å². The van der Waals surface area contributed by atoms with Crippen LogP contribution >= 0.6 is 11.8 Å². The average Bonchev–Trinajstić information content (AvgIpc) is 3.08. The zero-order valence-corrected chi connectivity index (χ0v) is 12.6. The highest BCUT2D eigenvalue weighted by molar-refractivity contribution is 8.14. The molecular weight excluding hydrogens is 276 g/mol. The second-order valence-corrected chi connectivity index (χ2v) is 6.39. The summed E-state index contributed by atoms with van der Waals surface area (Å²) in [5.74, 6) is 1.62. The molecule has 0 amide bonds. The van der Waals surface area contributed by atoms with Gasteiger partial charge in [-0.1, -0.05) is 11.8 Å². The van der Waals surface area contributed by atoms with E-state index < -0.39 is 5.54 Å². The highest BCUT2D eigenvalue weighted by Crippen LogP contribution is 2.24. The van der Waals surface area contributed by atoms with Gasteiger partial charge in [0.15, 0.2) is 5.17 Å². The van der Waals surface area contributed by atoms with Gasteiger partial charge in [-0.25, -0.2) is 4.98 Å². The largest absolute Gasteiger partial charge is 0.377 e. The predicted molar refractivity (Wildman–Crippen MR) is 79.2 cm³/mol. The van der Waals surface area contributed by atoms with Crippen molar-refractivity contribution in [1.29, 1.82) is 0 Å². The Morgan fingerprint density at radius 2 is 2.40 bits per heavy atom. The van der Waals surface area contributed by atoms with Gasteiger partial charge in [0.2, 0.25) is 0 Å². The van der Waals surface area contributed by atoms with Gasteiger partial charge in [0.1, 0.15) is 12.0 Å². The van der Waals surface area contributed by atoms with Gasteiger partial charge in [0.05, 0.1) is 24.6 Å². The van der Waals surface area contributed by atoms with E-state index >= 15 is 0 Å². The first-order valence-electron chi connectivity index (χ1n) is 6.68. The number of nitrogens with one attached hydrogen (secondary N) is 1. The number of morpholine rings is 1. The minimum absolute atomic E-state index is 0.145. The van der Waals surface area contributed by atoms with Gasteiger partial charge >= 0.3 is 0 Å². The molecule has 8 heteroatoms. The minimum atomic E-state index is -0.494. The number of rotatable bonds is 2. The van der Waals surface area contributed by atoms with Crippen molar-refractivity contribution in [3.63, 3.8) is 0 Å². The average molecular weight is 296 g/mol. The van der Waals surface area contributed by atoms with Crippen LogP contribution in [0.2, 0.25) is 0 Å². The van der Waals surface area contributed by atoms with Crippen molar-refractivity contribution >= 4 is 16.9 Å². The predicted octanol–water partition coefficient (Wildman–Crippen LogP) is 0.148. The Bertz CT molecular complexity index is 502. The van der Waals surface area contributed by atoms with Crippen molar-refractivity contribution < 1.29 is 4.74 Å². The molecule has 0 radical (unpaired) electrons. The lowest BCUT2D eigenvalue weighted by atomic mass is 10.1. The molecule has 20 heavy (non-hydrogen) atoms. The summed E-state index contributed by atoms with van der Waals surface area (Å²) in [6.45, 7) is 6.18. The number of hydrazone groups is 1. The summed E-state index contributed by atoms with van der Waals surface area (Å²) in [6.07, 6.45) is 3.81. The van der Waals surface area contributed by atoms with E-state index in [2.05, 4.69) is 15.4 Å². The number of nitrogens with zero attached hydrogens (tertiary/aromatic N) is 4. The van der Waals surface area contributed by atoms with E-state index in [9.17, 15) is 0 Å². The maximum absolute atomic E-state index is 6.15. The van der Waals surface area contributed by atoms with Crippen LogP contribution in [0.3, 0.4) is 0 Å². The summed E-state index contributed by atoms with van der Waals surface area (Å²) in [5.41, 5.74) is 5.66. The lowest BCUT2D eigenvalue weighted by Gasteiger charge is -2.29. The molecule has 0 saturated carbocycles. The van der Waals surface area contributed by atoms with Gasteiger partial charge in [-0.05, 0) is 13.8 Å². The number of imidazole rings is 1. The molecule has 110 valence electrons. The van der Waals surface area contributed by atoms with Crippen LogP contribution < -0.4 is 11.1 Å². The number of thioether (sulfide) groups is 1. The van der Waals surface area contributed by atoms with Crippen molar-refractivity contribution in [2.75, 3.05) is 25.6 Å². The lowest BCUT2D eigenvalue weighted by Crippen LogP contribution is -2.50. The van der Waals surface area contributed by atoms with Gasteiger partial charge in [-0.15, -0.1) is 5.10 Å². The summed E-state index contributed by atoms with van der Waals surface area (Å²) in [4.78, 5) is 4.35. The summed E-state index contributed by atoms with van der Waals surface area (Å²) >= 11 is 1.68. The van der Waals surface area contributed by atoms with E-state index in [1.54, 1.807) is 18.0 Å². The van der Waals surface area contributed by atoms with Crippen LogP contribution in [0.25, 0.3) is 0 Å². The Morgan fingerprint density at radius 1 is 1.55 bits per heavy atom. The zero-order valence-electron chi connectivity index (χ0n) is 11.7. The molecule has 1 saturated heterocycles. The van der Waals surface area contributed by atoms with Crippen molar-refractivity contribution in [1.82, 2.24) is 19.9 Å². The Labute approximate surface area is 122 Å². The lowest BCUT2D eigenvalue weighted by molar-refractivity contribution is 0.0189. The van der Waals surface area contributed by atoms with Gasteiger partial charge in [-0.2, -0.15) is 0 Å². The molecule has 3 rings (SSSR count). The monoisotopic (exact) mass is 296 g/mol. The van der Waals surface area contributed by atoms with Crippen molar-refractivity contribution in [3.05, 3.63) is 18.2 Å². The van der Waals surface area contributed by atoms with E-state index in [0.29, 0.717) is 6.61 Å². The fourth-order valence-corrected chi connectivity index (χ4v) is 3.18. The van der Waals surface area contributed by atoms with Crippen LogP contribution in [-0.4, -0.2) is 51.5 Å². The highest BCUT2D eigenvalue weighted by Gasteiger charge is 2.29. The molecular formula is C12H20N6OS. The van der Waals surface area contributed by atoms with Gasteiger partial charge in [0.25, 0.3) is 0 Å². The summed E-state index contributed by atoms with van der Waals surface area (Å²) in [5, 5.41) is 11.0. The smallest absolute Gasteiger partial charge is 0.194 e. The molecule has 0 aliphatic carbocycles. The van der Waals surface area contributed by atoms with Gasteiger partial charge < -0.3 is 10.5 Å². The molecule has 2 aliphatic rings. The molecule has 1 atom stereocenters. The Morgan fingerprint density at radius 3 is 3.10 bits per heavy atom. The van der Waals surface area contributed by atoms with E-state index in [-0.39, 0.29) is 6.17 Å². The number of hydrogen-bond acceptors (Lipinski definition) is 7. The first kappa shape index (κ1) is 13.9. The first-order chi connectivity index (χ1) is 9.55. The number of nitrogens with two attached hydrogens (primary N) is 1. The van der Waals surface area contributed by atoms with Crippen LogP contribution in [0.1, 0.15) is 19.7 Å². The second-order valence-electron chi connectivity index (χ2n) is 5.48. The number of ether oxygens (including phenoxy) is 1. The third-order valence-corrected chi connectivity index (χ3v) is 4.16. The Hall–Kier alpha value is -1.09. The van der Waals surface area contributed by atoms with Crippen LogP contribution in [0, 0.1) is 0 Å². The topological polar surface area (TPSA) is 80.7 Å². The molecule has 0 aromatic carbocycles. The molecule has 0 spiro atoms. The number of hydrogen-bond donors (Lipinski definition) is 2. The SMILES string of the molecule is CC(C)(N)c1nccn1C1=NN(C2COCCN2)CS1. The van der Waals surface area contributed by atoms with E-state index in [0.717, 1.165) is 30.0 Å². The fourth-order valence-electron chi connectivity index (χ4n) is 2.25. The second kappa shape index (κ2) is 5.36. The maximum atomic E-state index is 6.15. The molecule has 3 N–H and O–H groups in total. The normalized spacial score (nSPS) is 24.1. The maximum Gasteiger partial charge on any atom is 0.194 e. The molecule has 1 aromatic heterocycles. The number of aromatic nitrogens is 2. The Balaban J connectivity index is 1.80. The van der Waals surface area contributed by atoms with Crippen LogP contribution in [0.4, 0.5) is 0 Å². The van der Waals surface area contributed by atoms with Crippen LogP contribution in [0.15, 0.2) is 17.5 Å². The van der Waals surface area contributed by atoms with Gasteiger partial charge in [-0.3, -0.25) is 14.9 Å². The van der Waals surface area contributed by atoms with Crippen molar-refractivity contribution in [2.24, 2.45) is 10.8 Å². The van der Waals surface area contributed by atoms with E-state index in [1.165, 1.54) is 0 Å². The Kier molecular flexibility index (Phi) is 3.72. The van der Waals surface area contributed by atoms with Gasteiger partial charge in [0, 0.05) is 18.9 Å². The fraction of sp³-hybridized carbons (Fsp3) is 0.667. The zero-order chi connectivity index (χ0) is 14.2. The minimum Gasteiger partial charge on any atom is -0.377 e. The van der Waals surface area contributed by atoms with Crippen LogP contribution in [0.5, 0.6) is 0 Å². The third-order valence-electron chi connectivity index (χ3n) is 3.22.